The topological polar surface area (TPSA) is 88.0 Å². The largest absolute Gasteiger partial charge is 0.341 e. The van der Waals surface area contributed by atoms with Gasteiger partial charge in [0.05, 0.1) is 6.04 Å². The van der Waals surface area contributed by atoms with Crippen molar-refractivity contribution >= 4 is 11.6 Å². The number of hydrogen-bond donors (Lipinski definition) is 2. The average molecular weight is 338 g/mol. The van der Waals surface area contributed by atoms with Crippen molar-refractivity contribution in [2.75, 3.05) is 0 Å². The molecule has 0 aliphatic heterocycles. The first-order valence-corrected chi connectivity index (χ1v) is 8.80. The zero-order valence-electron chi connectivity index (χ0n) is 14.5. The van der Waals surface area contributed by atoms with Crippen molar-refractivity contribution in [2.24, 2.45) is 5.92 Å². The van der Waals surface area contributed by atoms with E-state index in [1.165, 1.54) is 0 Å². The number of nitrogens with one attached hydrogen (secondary N) is 2. The van der Waals surface area contributed by atoms with Crippen LogP contribution in [-0.2, 0) is 12.8 Å². The van der Waals surface area contributed by atoms with Crippen molar-refractivity contribution in [3.05, 3.63) is 47.2 Å². The number of pyridine rings is 1. The second-order valence-electron chi connectivity index (χ2n) is 7.03. The number of carbonyl (C=O) groups excluding carboxylic acids is 1. The van der Waals surface area contributed by atoms with E-state index in [-0.39, 0.29) is 11.9 Å². The predicted octanol–water partition coefficient (Wildman–Crippen LogP) is 2.46. The van der Waals surface area contributed by atoms with Crippen LogP contribution in [0.4, 0.5) is 0 Å². The zero-order valence-corrected chi connectivity index (χ0v) is 14.5. The van der Waals surface area contributed by atoms with Gasteiger partial charge in [0.2, 0.25) is 0 Å². The van der Waals surface area contributed by atoms with E-state index in [4.69, 9.17) is 0 Å². The van der Waals surface area contributed by atoms with Crippen molar-refractivity contribution in [3.63, 3.8) is 0 Å². The van der Waals surface area contributed by atoms with Crippen LogP contribution in [0.25, 0.3) is 5.65 Å². The molecule has 3 aromatic heterocycles. The van der Waals surface area contributed by atoms with E-state index >= 15 is 0 Å². The third-order valence-corrected chi connectivity index (χ3v) is 4.69. The molecule has 7 nitrogen and oxygen atoms in total. The fourth-order valence-electron chi connectivity index (χ4n) is 3.53. The van der Waals surface area contributed by atoms with Crippen molar-refractivity contribution in [1.29, 1.82) is 0 Å². The minimum absolute atomic E-state index is 0.141. The van der Waals surface area contributed by atoms with Gasteiger partial charge in [0.1, 0.15) is 0 Å². The second kappa shape index (κ2) is 6.31. The van der Waals surface area contributed by atoms with Crippen LogP contribution in [0.1, 0.15) is 60.3 Å². The quantitative estimate of drug-likeness (QED) is 0.748. The summed E-state index contributed by atoms with van der Waals surface area (Å²) >= 11 is 0. The average Bonchev–Trinajstić information content (AvgIpc) is 3.28. The first-order valence-electron chi connectivity index (χ1n) is 8.80. The second-order valence-corrected chi connectivity index (χ2v) is 7.03. The molecular formula is C18H22N6O. The monoisotopic (exact) mass is 338 g/mol. The van der Waals surface area contributed by atoms with Gasteiger partial charge in [-0.05, 0) is 43.7 Å². The maximum atomic E-state index is 12.8. The summed E-state index contributed by atoms with van der Waals surface area (Å²) in [5, 5.41) is 18.9. The van der Waals surface area contributed by atoms with Crippen LogP contribution in [0.5, 0.6) is 0 Å². The van der Waals surface area contributed by atoms with Gasteiger partial charge in [-0.2, -0.15) is 5.10 Å². The standard InChI is InChI=1S/C18H22N6O/c1-11(2)10-14(17-23-21-15-8-3-4-9-24(15)17)19-18(25)16-12-6-5-7-13(12)20-22-16/h3-4,8-9,11,14H,5-7,10H2,1-2H3,(H,19,25)(H,20,22). The summed E-state index contributed by atoms with van der Waals surface area (Å²) in [6, 6.07) is 5.57. The highest BCUT2D eigenvalue weighted by Gasteiger charge is 2.27. The number of aryl methyl sites for hydroxylation is 1. The summed E-state index contributed by atoms with van der Waals surface area (Å²) in [6.07, 6.45) is 5.68. The van der Waals surface area contributed by atoms with Crippen LogP contribution in [0.15, 0.2) is 24.4 Å². The molecule has 0 saturated heterocycles. The minimum atomic E-state index is -0.210. The Morgan fingerprint density at radius 1 is 1.32 bits per heavy atom. The molecule has 3 heterocycles. The van der Waals surface area contributed by atoms with Crippen LogP contribution < -0.4 is 5.32 Å². The molecule has 0 saturated carbocycles. The van der Waals surface area contributed by atoms with Gasteiger partial charge in [0.25, 0.3) is 5.91 Å². The molecule has 3 aromatic rings. The fourth-order valence-corrected chi connectivity index (χ4v) is 3.53. The highest BCUT2D eigenvalue weighted by molar-refractivity contribution is 5.94. The Morgan fingerprint density at radius 2 is 2.20 bits per heavy atom. The maximum Gasteiger partial charge on any atom is 0.272 e. The Kier molecular flexibility index (Phi) is 3.99. The van der Waals surface area contributed by atoms with Gasteiger partial charge in [0.15, 0.2) is 17.2 Å². The van der Waals surface area contributed by atoms with E-state index in [1.54, 1.807) is 0 Å². The number of carbonyl (C=O) groups is 1. The molecule has 1 unspecified atom stereocenters. The molecule has 1 aliphatic carbocycles. The summed E-state index contributed by atoms with van der Waals surface area (Å²) < 4.78 is 1.93. The van der Waals surface area contributed by atoms with E-state index in [9.17, 15) is 4.79 Å². The van der Waals surface area contributed by atoms with Crippen LogP contribution in [0.3, 0.4) is 0 Å². The molecule has 25 heavy (non-hydrogen) atoms. The summed E-state index contributed by atoms with van der Waals surface area (Å²) in [6.45, 7) is 4.27. The number of hydrogen-bond acceptors (Lipinski definition) is 4. The van der Waals surface area contributed by atoms with E-state index in [1.807, 2.05) is 28.8 Å². The Morgan fingerprint density at radius 3 is 3.04 bits per heavy atom. The molecule has 0 fully saturated rings. The Bertz CT molecular complexity index is 909. The Hall–Kier alpha value is -2.70. The van der Waals surface area contributed by atoms with Gasteiger partial charge in [0, 0.05) is 17.5 Å². The highest BCUT2D eigenvalue weighted by Crippen LogP contribution is 2.25. The van der Waals surface area contributed by atoms with Crippen LogP contribution >= 0.6 is 0 Å². The van der Waals surface area contributed by atoms with Gasteiger partial charge in [-0.25, -0.2) is 0 Å². The zero-order chi connectivity index (χ0) is 17.4. The molecule has 0 spiro atoms. The van der Waals surface area contributed by atoms with Gasteiger partial charge in [-0.15, -0.1) is 10.2 Å². The number of H-pyrrole nitrogens is 1. The number of amides is 1. The van der Waals surface area contributed by atoms with Crippen molar-refractivity contribution in [1.82, 2.24) is 30.1 Å². The maximum absolute atomic E-state index is 12.8. The van der Waals surface area contributed by atoms with E-state index in [2.05, 4.69) is 39.6 Å². The molecule has 1 atom stereocenters. The summed E-state index contributed by atoms with van der Waals surface area (Å²) in [5.41, 5.74) is 3.46. The lowest BCUT2D eigenvalue weighted by atomic mass is 10.0. The van der Waals surface area contributed by atoms with Crippen LogP contribution in [-0.4, -0.2) is 30.7 Å². The lowest BCUT2D eigenvalue weighted by molar-refractivity contribution is 0.0923. The minimum Gasteiger partial charge on any atom is -0.341 e. The number of aromatic nitrogens is 5. The molecule has 2 N–H and O–H groups in total. The lowest BCUT2D eigenvalue weighted by Crippen LogP contribution is -2.31. The molecule has 0 aromatic carbocycles. The molecule has 0 bridgehead atoms. The number of rotatable bonds is 5. The number of aromatic amines is 1. The predicted molar refractivity (Wildman–Crippen MR) is 93.3 cm³/mol. The molecule has 4 rings (SSSR count). The molecule has 1 amide bonds. The third kappa shape index (κ3) is 2.90. The highest BCUT2D eigenvalue weighted by atomic mass is 16.2. The lowest BCUT2D eigenvalue weighted by Gasteiger charge is -2.19. The van der Waals surface area contributed by atoms with Crippen molar-refractivity contribution in [2.45, 2.75) is 45.6 Å². The van der Waals surface area contributed by atoms with Crippen LogP contribution in [0, 0.1) is 5.92 Å². The Labute approximate surface area is 145 Å². The molecule has 130 valence electrons. The van der Waals surface area contributed by atoms with Crippen molar-refractivity contribution in [3.8, 4) is 0 Å². The number of fused-ring (bicyclic) bond motifs is 2. The SMILES string of the molecule is CC(C)CC(NC(=O)c1n[nH]c2c1CCC2)c1nnc2ccccn12. The van der Waals surface area contributed by atoms with Crippen LogP contribution in [0.2, 0.25) is 0 Å². The van der Waals surface area contributed by atoms with Gasteiger partial charge in [-0.1, -0.05) is 19.9 Å². The van der Waals surface area contributed by atoms with E-state index < -0.39 is 0 Å². The normalized spacial score (nSPS) is 14.8. The number of nitrogens with zero attached hydrogens (tertiary/aromatic N) is 4. The van der Waals surface area contributed by atoms with Gasteiger partial charge >= 0.3 is 0 Å². The molecule has 7 heteroatoms. The van der Waals surface area contributed by atoms with E-state index in [0.717, 1.165) is 48.4 Å². The van der Waals surface area contributed by atoms with Gasteiger partial charge in [-0.3, -0.25) is 14.3 Å². The van der Waals surface area contributed by atoms with Crippen molar-refractivity contribution < 1.29 is 4.79 Å². The fraction of sp³-hybridized carbons (Fsp3) is 0.444. The van der Waals surface area contributed by atoms with Gasteiger partial charge < -0.3 is 5.32 Å². The first-order chi connectivity index (χ1) is 12.1. The summed E-state index contributed by atoms with van der Waals surface area (Å²) in [4.78, 5) is 12.8. The third-order valence-electron chi connectivity index (χ3n) is 4.69. The summed E-state index contributed by atoms with van der Waals surface area (Å²) in [5.74, 6) is 1.02. The summed E-state index contributed by atoms with van der Waals surface area (Å²) in [7, 11) is 0. The first kappa shape index (κ1) is 15.8. The molecule has 1 aliphatic rings. The smallest absolute Gasteiger partial charge is 0.272 e. The Balaban J connectivity index is 1.64. The van der Waals surface area contributed by atoms with E-state index in [0.29, 0.717) is 11.6 Å². The molecule has 0 radical (unpaired) electrons. The molecular weight excluding hydrogens is 316 g/mol.